The van der Waals surface area contributed by atoms with Crippen molar-refractivity contribution in [1.29, 1.82) is 0 Å². The van der Waals surface area contributed by atoms with Gasteiger partial charge in [-0.05, 0) is 31.2 Å². The number of ether oxygens (including phenoxy) is 3. The predicted octanol–water partition coefficient (Wildman–Crippen LogP) is 3.56. The number of nitrogens with zero attached hydrogens (tertiary/aromatic N) is 3. The van der Waals surface area contributed by atoms with Gasteiger partial charge in [-0.2, -0.15) is 5.10 Å². The summed E-state index contributed by atoms with van der Waals surface area (Å²) in [6, 6.07) is 14.9. The number of hydrogen-bond acceptors (Lipinski definition) is 9. The van der Waals surface area contributed by atoms with E-state index in [0.29, 0.717) is 30.5 Å². The van der Waals surface area contributed by atoms with E-state index in [1.165, 1.54) is 23.1 Å². The molecule has 1 aromatic heterocycles. The van der Waals surface area contributed by atoms with Crippen LogP contribution in [0.5, 0.6) is 17.2 Å². The first-order valence-electron chi connectivity index (χ1n) is 9.38. The maximum Gasteiger partial charge on any atom is 0.250 e. The number of benzene rings is 2. The van der Waals surface area contributed by atoms with E-state index in [9.17, 15) is 4.79 Å². The van der Waals surface area contributed by atoms with Crippen LogP contribution in [0.4, 0.5) is 0 Å². The summed E-state index contributed by atoms with van der Waals surface area (Å²) in [6.45, 7) is 2.56. The minimum absolute atomic E-state index is 0.213. The zero-order valence-corrected chi connectivity index (χ0v) is 18.7. The highest BCUT2D eigenvalue weighted by molar-refractivity contribution is 8.01. The number of carbonyl (C=O) groups is 1. The van der Waals surface area contributed by atoms with Gasteiger partial charge in [0, 0.05) is 5.56 Å². The third kappa shape index (κ3) is 7.26. The van der Waals surface area contributed by atoms with E-state index in [0.717, 1.165) is 14.9 Å². The lowest BCUT2D eigenvalue weighted by atomic mass is 10.2. The molecular formula is C21H22N4O4S2. The fourth-order valence-corrected chi connectivity index (χ4v) is 4.04. The highest BCUT2D eigenvalue weighted by Crippen LogP contribution is 2.25. The maximum absolute atomic E-state index is 11.9. The summed E-state index contributed by atoms with van der Waals surface area (Å²) in [5.74, 6) is 1.96. The predicted molar refractivity (Wildman–Crippen MR) is 122 cm³/mol. The quantitative estimate of drug-likeness (QED) is 0.203. The molecule has 0 unspecified atom stereocenters. The van der Waals surface area contributed by atoms with Crippen molar-refractivity contribution < 1.29 is 19.0 Å². The first kappa shape index (κ1) is 22.6. The zero-order chi connectivity index (χ0) is 21.9. The number of nitrogens with one attached hydrogen (secondary N) is 1. The lowest BCUT2D eigenvalue weighted by Crippen LogP contribution is -2.19. The van der Waals surface area contributed by atoms with Gasteiger partial charge in [-0.25, -0.2) is 5.43 Å². The zero-order valence-electron chi connectivity index (χ0n) is 17.1. The van der Waals surface area contributed by atoms with E-state index in [-0.39, 0.29) is 11.7 Å². The van der Waals surface area contributed by atoms with Crippen molar-refractivity contribution in [3.8, 4) is 17.2 Å². The summed E-state index contributed by atoms with van der Waals surface area (Å²) >= 11 is 2.78. The normalized spacial score (nSPS) is 10.8. The van der Waals surface area contributed by atoms with Gasteiger partial charge in [0.25, 0.3) is 5.91 Å². The van der Waals surface area contributed by atoms with Crippen LogP contribution in [0.1, 0.15) is 10.6 Å². The van der Waals surface area contributed by atoms with Crippen LogP contribution in [0.25, 0.3) is 0 Å². The molecule has 1 N–H and O–H groups in total. The number of aromatic nitrogens is 2. The monoisotopic (exact) mass is 458 g/mol. The standard InChI is InChI=1S/C21H22N4O4S2/c1-15-23-25-21(31-15)30-14-20(26)24-22-13-16-7-3-4-8-17(16)28-11-12-29-19-10-6-5-9-18(19)27-2/h3-10,13H,11-12,14H2,1-2H3,(H,24,26). The van der Waals surface area contributed by atoms with E-state index in [4.69, 9.17) is 14.2 Å². The Morgan fingerprint density at radius 1 is 1.06 bits per heavy atom. The number of rotatable bonds is 11. The van der Waals surface area contributed by atoms with E-state index >= 15 is 0 Å². The average molecular weight is 459 g/mol. The molecule has 0 saturated heterocycles. The SMILES string of the molecule is COc1ccccc1OCCOc1ccccc1C=NNC(=O)CSc1nnc(C)s1. The van der Waals surface area contributed by atoms with Crippen molar-refractivity contribution in [3.63, 3.8) is 0 Å². The van der Waals surface area contributed by atoms with Crippen LogP contribution >= 0.6 is 23.1 Å². The number of carbonyl (C=O) groups excluding carboxylic acids is 1. The molecule has 3 rings (SSSR count). The van der Waals surface area contributed by atoms with Gasteiger partial charge in [0.05, 0.1) is 19.1 Å². The third-order valence-electron chi connectivity index (χ3n) is 3.81. The van der Waals surface area contributed by atoms with Crippen molar-refractivity contribution >= 4 is 35.2 Å². The lowest BCUT2D eigenvalue weighted by molar-refractivity contribution is -0.118. The maximum atomic E-state index is 11.9. The Kier molecular flexibility index (Phi) is 8.68. The van der Waals surface area contributed by atoms with Gasteiger partial charge < -0.3 is 14.2 Å². The molecule has 0 saturated carbocycles. The molecule has 0 aliphatic rings. The number of para-hydroxylation sites is 3. The number of aryl methyl sites for hydroxylation is 1. The molecule has 162 valence electrons. The summed E-state index contributed by atoms with van der Waals surface area (Å²) in [6.07, 6.45) is 1.55. The molecule has 0 fully saturated rings. The first-order chi connectivity index (χ1) is 15.2. The van der Waals surface area contributed by atoms with Crippen molar-refractivity contribution in [2.75, 3.05) is 26.1 Å². The van der Waals surface area contributed by atoms with Crippen molar-refractivity contribution in [2.24, 2.45) is 5.10 Å². The molecule has 0 radical (unpaired) electrons. The molecule has 1 heterocycles. The smallest absolute Gasteiger partial charge is 0.250 e. The number of thioether (sulfide) groups is 1. The molecule has 31 heavy (non-hydrogen) atoms. The van der Waals surface area contributed by atoms with Crippen LogP contribution in [-0.2, 0) is 4.79 Å². The van der Waals surface area contributed by atoms with Gasteiger partial charge in [-0.1, -0.05) is 47.4 Å². The molecule has 3 aromatic rings. The van der Waals surface area contributed by atoms with Crippen LogP contribution in [0.2, 0.25) is 0 Å². The van der Waals surface area contributed by atoms with Gasteiger partial charge in [0.15, 0.2) is 15.8 Å². The fourth-order valence-electron chi connectivity index (χ4n) is 2.43. The molecule has 0 spiro atoms. The van der Waals surface area contributed by atoms with Crippen molar-refractivity contribution in [2.45, 2.75) is 11.3 Å². The van der Waals surface area contributed by atoms with Crippen LogP contribution in [0, 0.1) is 6.92 Å². The second-order valence-electron chi connectivity index (χ2n) is 6.05. The summed E-state index contributed by atoms with van der Waals surface area (Å²) in [5, 5.41) is 12.8. The van der Waals surface area contributed by atoms with E-state index in [2.05, 4.69) is 20.7 Å². The van der Waals surface area contributed by atoms with Gasteiger partial charge in [0.2, 0.25) is 0 Å². The Hall–Kier alpha value is -3.11. The Balaban J connectivity index is 1.45. The molecule has 0 aliphatic carbocycles. The Morgan fingerprint density at radius 2 is 1.74 bits per heavy atom. The van der Waals surface area contributed by atoms with Gasteiger partial charge in [0.1, 0.15) is 24.0 Å². The van der Waals surface area contributed by atoms with Gasteiger partial charge in [-0.3, -0.25) is 4.79 Å². The Bertz CT molecular complexity index is 1030. The van der Waals surface area contributed by atoms with Crippen LogP contribution in [-0.4, -0.2) is 48.4 Å². The molecule has 0 atom stereocenters. The lowest BCUT2D eigenvalue weighted by Gasteiger charge is -2.12. The van der Waals surface area contributed by atoms with Gasteiger partial charge >= 0.3 is 0 Å². The highest BCUT2D eigenvalue weighted by Gasteiger charge is 2.07. The fraction of sp³-hybridized carbons (Fsp3) is 0.238. The van der Waals surface area contributed by atoms with Crippen LogP contribution in [0.3, 0.4) is 0 Å². The summed E-state index contributed by atoms with van der Waals surface area (Å²) in [4.78, 5) is 11.9. The molecule has 0 aliphatic heterocycles. The molecule has 8 nitrogen and oxygen atoms in total. The molecule has 10 heteroatoms. The molecule has 1 amide bonds. The number of amides is 1. The second-order valence-corrected chi connectivity index (χ2v) is 8.46. The molecule has 0 bridgehead atoms. The Labute approximate surface area is 188 Å². The number of hydrazone groups is 1. The summed E-state index contributed by atoms with van der Waals surface area (Å²) in [5.41, 5.74) is 3.25. The summed E-state index contributed by atoms with van der Waals surface area (Å²) in [7, 11) is 1.60. The Morgan fingerprint density at radius 3 is 2.45 bits per heavy atom. The van der Waals surface area contributed by atoms with Crippen molar-refractivity contribution in [1.82, 2.24) is 15.6 Å². The largest absolute Gasteiger partial charge is 0.493 e. The molecule has 2 aromatic carbocycles. The number of hydrogen-bond donors (Lipinski definition) is 1. The van der Waals surface area contributed by atoms with Crippen LogP contribution in [0.15, 0.2) is 58.0 Å². The minimum Gasteiger partial charge on any atom is -0.493 e. The second kappa shape index (κ2) is 11.9. The summed E-state index contributed by atoms with van der Waals surface area (Å²) < 4.78 is 17.5. The molecular weight excluding hydrogens is 436 g/mol. The van der Waals surface area contributed by atoms with Crippen molar-refractivity contribution in [3.05, 3.63) is 59.1 Å². The highest BCUT2D eigenvalue weighted by atomic mass is 32.2. The third-order valence-corrected chi connectivity index (χ3v) is 5.79. The minimum atomic E-state index is -0.224. The average Bonchev–Trinajstić information content (AvgIpc) is 3.21. The van der Waals surface area contributed by atoms with E-state index < -0.39 is 0 Å². The van der Waals surface area contributed by atoms with Crippen LogP contribution < -0.4 is 19.6 Å². The van der Waals surface area contributed by atoms with E-state index in [1.54, 1.807) is 13.3 Å². The van der Waals surface area contributed by atoms with Gasteiger partial charge in [-0.15, -0.1) is 10.2 Å². The van der Waals surface area contributed by atoms with E-state index in [1.807, 2.05) is 55.5 Å². The number of methoxy groups -OCH3 is 1. The first-order valence-corrected chi connectivity index (χ1v) is 11.2. The topological polar surface area (TPSA) is 94.9 Å².